The highest BCUT2D eigenvalue weighted by molar-refractivity contribution is 5.80. The number of imidazole rings is 1. The van der Waals surface area contributed by atoms with Gasteiger partial charge in [0.05, 0.1) is 28.6 Å². The van der Waals surface area contributed by atoms with Crippen LogP contribution >= 0.6 is 0 Å². The van der Waals surface area contributed by atoms with Crippen molar-refractivity contribution in [1.29, 1.82) is 0 Å². The minimum atomic E-state index is -4.84. The molecule has 0 bridgehead atoms. The average molecular weight is 540 g/mol. The van der Waals surface area contributed by atoms with E-state index in [1.54, 1.807) is 18.3 Å². The van der Waals surface area contributed by atoms with Crippen LogP contribution in [0.15, 0.2) is 59.8 Å². The Hall–Kier alpha value is -3.66. The molecule has 2 aliphatic carbocycles. The number of aryl methyl sites for hydroxylation is 1. The predicted octanol–water partition coefficient (Wildman–Crippen LogP) is 6.08. The molecule has 4 atom stereocenters. The maximum Gasteiger partial charge on any atom is 0.523 e. The number of hydrogen-bond acceptors (Lipinski definition) is 5. The number of carboxylic acids is 1. The molecule has 6 rings (SSSR count). The summed E-state index contributed by atoms with van der Waals surface area (Å²) in [6.07, 6.45) is 0.561. The lowest BCUT2D eigenvalue weighted by Gasteiger charge is -2.51. The van der Waals surface area contributed by atoms with Gasteiger partial charge in [0, 0.05) is 24.2 Å². The second-order valence-electron chi connectivity index (χ2n) is 11.1. The molecule has 0 fully saturated rings. The number of carboxylic acid groups (broad SMARTS) is 1. The van der Waals surface area contributed by atoms with Crippen molar-refractivity contribution >= 4 is 17.0 Å². The number of allylic oxidation sites excluding steroid dienone is 2. The van der Waals surface area contributed by atoms with Crippen molar-refractivity contribution in [3.05, 3.63) is 76.9 Å². The maximum atomic E-state index is 13.4. The third-order valence-electron chi connectivity index (χ3n) is 8.25. The molecule has 0 radical (unpaired) electrons. The fourth-order valence-electron chi connectivity index (χ4n) is 6.47. The Balaban J connectivity index is 1.45. The zero-order valence-electron chi connectivity index (χ0n) is 21.7. The molecular formula is C29H28F3N3O4. The van der Waals surface area contributed by atoms with Crippen molar-refractivity contribution in [1.82, 2.24) is 14.5 Å². The number of carbonyl (C=O) groups is 1. The van der Waals surface area contributed by atoms with Crippen LogP contribution in [0, 0.1) is 18.3 Å². The van der Waals surface area contributed by atoms with Crippen molar-refractivity contribution in [3.8, 4) is 5.75 Å². The number of aromatic nitrogens is 3. The van der Waals surface area contributed by atoms with Gasteiger partial charge in [-0.2, -0.15) is 0 Å². The van der Waals surface area contributed by atoms with Crippen LogP contribution < -0.4 is 4.74 Å². The Morgan fingerprint density at radius 1 is 1.21 bits per heavy atom. The lowest BCUT2D eigenvalue weighted by Crippen LogP contribution is -2.49. The van der Waals surface area contributed by atoms with Gasteiger partial charge in [-0.3, -0.25) is 14.5 Å². The quantitative estimate of drug-likeness (QED) is 0.396. The third-order valence-corrected chi connectivity index (χ3v) is 8.25. The summed E-state index contributed by atoms with van der Waals surface area (Å²) in [7, 11) is 0. The number of aliphatic carboxylic acids is 1. The summed E-state index contributed by atoms with van der Waals surface area (Å²) in [6, 6.07) is 9.38. The summed E-state index contributed by atoms with van der Waals surface area (Å²) < 4.78 is 52.9. The first-order valence-corrected chi connectivity index (χ1v) is 12.9. The SMILES string of the molecule is Cc1ccc(COc2ccc3nc4n(c3c2)CC2(C)C=CC(C)(OC(F)(F)F)C3=C2[C@@H]4[C@H](C(=O)O)CC3)nc1. The minimum Gasteiger partial charge on any atom is -0.487 e. The van der Waals surface area contributed by atoms with Gasteiger partial charge in [-0.15, -0.1) is 13.2 Å². The Morgan fingerprint density at radius 3 is 2.69 bits per heavy atom. The minimum absolute atomic E-state index is 0.195. The molecule has 1 N–H and O–H groups in total. The van der Waals surface area contributed by atoms with Crippen molar-refractivity contribution in [3.63, 3.8) is 0 Å². The Bertz CT molecular complexity index is 1540. The van der Waals surface area contributed by atoms with Gasteiger partial charge < -0.3 is 14.4 Å². The first-order chi connectivity index (χ1) is 18.4. The molecule has 3 aliphatic rings. The fourth-order valence-corrected chi connectivity index (χ4v) is 6.47. The number of rotatable bonds is 5. The van der Waals surface area contributed by atoms with E-state index in [1.807, 2.05) is 42.7 Å². The van der Waals surface area contributed by atoms with Crippen molar-refractivity contribution in [2.75, 3.05) is 0 Å². The van der Waals surface area contributed by atoms with Gasteiger partial charge in [-0.25, -0.2) is 4.98 Å². The molecule has 39 heavy (non-hydrogen) atoms. The molecule has 1 aromatic carbocycles. The van der Waals surface area contributed by atoms with E-state index in [0.717, 1.165) is 16.8 Å². The van der Waals surface area contributed by atoms with Crippen molar-refractivity contribution < 1.29 is 32.5 Å². The van der Waals surface area contributed by atoms with Crippen LogP contribution in [0.4, 0.5) is 13.2 Å². The van der Waals surface area contributed by atoms with Crippen molar-refractivity contribution in [2.45, 2.75) is 64.6 Å². The van der Waals surface area contributed by atoms with Gasteiger partial charge in [0.1, 0.15) is 23.8 Å². The van der Waals surface area contributed by atoms with Crippen LogP contribution in [0.2, 0.25) is 0 Å². The molecule has 0 amide bonds. The van der Waals surface area contributed by atoms with Gasteiger partial charge in [0.25, 0.3) is 0 Å². The van der Waals surface area contributed by atoms with E-state index < -0.39 is 35.2 Å². The summed E-state index contributed by atoms with van der Waals surface area (Å²) >= 11 is 0. The van der Waals surface area contributed by atoms with Crippen LogP contribution in [0.5, 0.6) is 5.75 Å². The molecule has 7 nitrogen and oxygen atoms in total. The van der Waals surface area contributed by atoms with Crippen LogP contribution in [-0.4, -0.2) is 37.6 Å². The predicted molar refractivity (Wildman–Crippen MR) is 136 cm³/mol. The number of benzene rings is 1. The molecule has 10 heteroatoms. The molecule has 3 aromatic rings. The molecule has 0 spiro atoms. The standard InChI is InChI=1S/C29H28F3N3O4/c1-16-4-5-17(33-13-16)14-38-18-6-9-21-22(12-18)35-15-27(2)10-11-28(3,39-29(30,31)32)20-8-7-19(26(36)37)23(24(20)27)25(35)34-21/h4-6,9-13,19,23H,7-8,14-15H2,1-3H3,(H,36,37)/t19-,23+,27?,28?/m1/s1. The molecule has 204 valence electrons. The highest BCUT2D eigenvalue weighted by Gasteiger charge is 2.55. The summed E-state index contributed by atoms with van der Waals surface area (Å²) in [4.78, 5) is 21.6. The molecule has 0 saturated carbocycles. The van der Waals surface area contributed by atoms with E-state index in [9.17, 15) is 23.1 Å². The maximum absolute atomic E-state index is 13.4. The molecule has 3 heterocycles. The third kappa shape index (κ3) is 4.30. The molecule has 2 aromatic heterocycles. The lowest BCUT2D eigenvalue weighted by atomic mass is 9.58. The van der Waals surface area contributed by atoms with E-state index >= 15 is 0 Å². The summed E-state index contributed by atoms with van der Waals surface area (Å²) in [5.41, 5.74) is 2.07. The number of halogens is 3. The van der Waals surface area contributed by atoms with E-state index in [-0.39, 0.29) is 19.4 Å². The number of ether oxygens (including phenoxy) is 2. The molecular weight excluding hydrogens is 511 g/mol. The Morgan fingerprint density at radius 2 is 2.00 bits per heavy atom. The number of alkyl halides is 3. The van der Waals surface area contributed by atoms with Gasteiger partial charge in [-0.1, -0.05) is 25.1 Å². The second-order valence-corrected chi connectivity index (χ2v) is 11.1. The Labute approximate surface area is 223 Å². The van der Waals surface area contributed by atoms with Gasteiger partial charge in [-0.05, 0) is 61.6 Å². The summed E-state index contributed by atoms with van der Waals surface area (Å²) in [5, 5.41) is 10.2. The van der Waals surface area contributed by atoms with Gasteiger partial charge in [0.15, 0.2) is 0 Å². The fraction of sp³-hybridized carbons (Fsp3) is 0.414. The highest BCUT2D eigenvalue weighted by Crippen LogP contribution is 2.59. The molecule has 0 saturated heterocycles. The van der Waals surface area contributed by atoms with Crippen LogP contribution in [0.1, 0.15) is 49.7 Å². The first-order valence-electron chi connectivity index (χ1n) is 12.9. The average Bonchev–Trinajstić information content (AvgIpc) is 3.22. The molecule has 2 unspecified atom stereocenters. The first kappa shape index (κ1) is 25.6. The highest BCUT2D eigenvalue weighted by atomic mass is 19.4. The number of fused-ring (bicyclic) bond motifs is 4. The molecule has 1 aliphatic heterocycles. The van der Waals surface area contributed by atoms with E-state index in [2.05, 4.69) is 9.72 Å². The van der Waals surface area contributed by atoms with Crippen LogP contribution in [-0.2, 0) is 22.7 Å². The normalized spacial score (nSPS) is 27.8. The zero-order valence-corrected chi connectivity index (χ0v) is 21.7. The van der Waals surface area contributed by atoms with E-state index in [1.165, 1.54) is 13.0 Å². The number of hydrogen-bond donors (Lipinski definition) is 1. The van der Waals surface area contributed by atoms with Gasteiger partial charge >= 0.3 is 12.3 Å². The summed E-state index contributed by atoms with van der Waals surface area (Å²) in [6.45, 7) is 6.00. The van der Waals surface area contributed by atoms with Crippen LogP contribution in [0.25, 0.3) is 11.0 Å². The Kier molecular flexibility index (Phi) is 5.70. The van der Waals surface area contributed by atoms with Gasteiger partial charge in [0.2, 0.25) is 0 Å². The smallest absolute Gasteiger partial charge is 0.487 e. The zero-order chi connectivity index (χ0) is 27.7. The monoisotopic (exact) mass is 539 g/mol. The lowest BCUT2D eigenvalue weighted by molar-refractivity contribution is -0.350. The van der Waals surface area contributed by atoms with Crippen LogP contribution in [0.3, 0.4) is 0 Å². The van der Waals surface area contributed by atoms with Crippen molar-refractivity contribution in [2.24, 2.45) is 11.3 Å². The van der Waals surface area contributed by atoms with E-state index in [0.29, 0.717) is 34.8 Å². The summed E-state index contributed by atoms with van der Waals surface area (Å²) in [5.74, 6) is -1.33. The topological polar surface area (TPSA) is 86.5 Å². The number of pyridine rings is 1. The number of nitrogens with zero attached hydrogens (tertiary/aromatic N) is 3. The second kappa shape index (κ2) is 8.67. The van der Waals surface area contributed by atoms with E-state index in [4.69, 9.17) is 9.72 Å². The largest absolute Gasteiger partial charge is 0.523 e.